The Morgan fingerprint density at radius 1 is 1.19 bits per heavy atom. The number of anilines is 1. The summed E-state index contributed by atoms with van der Waals surface area (Å²) >= 11 is 3.09. The van der Waals surface area contributed by atoms with Gasteiger partial charge in [-0.25, -0.2) is 4.98 Å². The van der Waals surface area contributed by atoms with E-state index >= 15 is 0 Å². The van der Waals surface area contributed by atoms with Crippen molar-refractivity contribution < 1.29 is 4.79 Å². The van der Waals surface area contributed by atoms with Crippen LogP contribution >= 0.6 is 23.1 Å². The smallest absolute Gasteiger partial charge is 0.252 e. The van der Waals surface area contributed by atoms with Gasteiger partial charge in [0.05, 0.1) is 10.6 Å². The Labute approximate surface area is 193 Å². The van der Waals surface area contributed by atoms with Crippen LogP contribution in [0.3, 0.4) is 0 Å². The molecule has 1 aromatic carbocycles. The number of hydrogen-bond acceptors (Lipinski definition) is 6. The summed E-state index contributed by atoms with van der Waals surface area (Å²) in [5.74, 6) is 1.67. The number of rotatable bonds is 9. The van der Waals surface area contributed by atoms with Gasteiger partial charge < -0.3 is 5.32 Å². The molecule has 3 aromatic heterocycles. The number of carbonyl (C=O) groups excluding carboxylic acids is 1. The first-order valence-corrected chi connectivity index (χ1v) is 12.3. The van der Waals surface area contributed by atoms with Crippen LogP contribution in [-0.2, 0) is 17.0 Å². The quantitative estimate of drug-likeness (QED) is 0.379. The van der Waals surface area contributed by atoms with Crippen LogP contribution in [0.5, 0.6) is 0 Å². The third kappa shape index (κ3) is 5.54. The molecule has 0 aliphatic carbocycles. The molecule has 0 fully saturated rings. The van der Waals surface area contributed by atoms with Crippen LogP contribution in [0, 0.1) is 0 Å². The predicted molar refractivity (Wildman–Crippen MR) is 131 cm³/mol. The van der Waals surface area contributed by atoms with Crippen LogP contribution in [0.2, 0.25) is 0 Å². The third-order valence-corrected chi connectivity index (χ3v) is 6.48. The molecule has 0 spiro atoms. The summed E-state index contributed by atoms with van der Waals surface area (Å²) in [5, 5.41) is 9.52. The summed E-state index contributed by atoms with van der Waals surface area (Å²) in [7, 11) is 0. The number of aromatic amines is 1. The van der Waals surface area contributed by atoms with E-state index in [-0.39, 0.29) is 17.4 Å². The first-order valence-electron chi connectivity index (χ1n) is 10.3. The van der Waals surface area contributed by atoms with Gasteiger partial charge in [-0.3, -0.25) is 14.6 Å². The molecule has 4 aromatic rings. The zero-order valence-electron chi connectivity index (χ0n) is 17.6. The molecule has 0 saturated heterocycles. The van der Waals surface area contributed by atoms with Crippen molar-refractivity contribution in [3.8, 4) is 16.5 Å². The summed E-state index contributed by atoms with van der Waals surface area (Å²) < 4.78 is 1.50. The van der Waals surface area contributed by atoms with Crippen LogP contribution in [0.15, 0.2) is 64.8 Å². The molecule has 0 unspecified atom stereocenters. The minimum Gasteiger partial charge on any atom is -0.310 e. The average Bonchev–Trinajstić information content (AvgIpc) is 3.44. The van der Waals surface area contributed by atoms with Gasteiger partial charge in [-0.05, 0) is 23.4 Å². The van der Waals surface area contributed by atoms with Gasteiger partial charge in [-0.15, -0.1) is 23.1 Å². The minimum atomic E-state index is -0.248. The van der Waals surface area contributed by atoms with Crippen molar-refractivity contribution in [2.24, 2.45) is 0 Å². The molecule has 4 rings (SSSR count). The van der Waals surface area contributed by atoms with E-state index in [2.05, 4.69) is 20.4 Å². The number of nitrogens with zero attached hydrogens (tertiary/aromatic N) is 3. The molecule has 0 atom stereocenters. The van der Waals surface area contributed by atoms with Gasteiger partial charge >= 0.3 is 0 Å². The second-order valence-electron chi connectivity index (χ2n) is 7.14. The number of hydrogen-bond donors (Lipinski definition) is 2. The largest absolute Gasteiger partial charge is 0.310 e. The van der Waals surface area contributed by atoms with E-state index in [9.17, 15) is 9.59 Å². The van der Waals surface area contributed by atoms with E-state index in [1.54, 1.807) is 17.4 Å². The van der Waals surface area contributed by atoms with E-state index in [0.717, 1.165) is 17.1 Å². The highest BCUT2D eigenvalue weighted by Gasteiger charge is 2.16. The fourth-order valence-corrected chi connectivity index (χ4v) is 4.64. The molecule has 1 amide bonds. The molecular formula is C23H23N5O2S2. The van der Waals surface area contributed by atoms with Gasteiger partial charge in [0, 0.05) is 23.6 Å². The Balaban J connectivity index is 1.57. The lowest BCUT2D eigenvalue weighted by Crippen LogP contribution is -2.20. The number of thiophene rings is 1. The van der Waals surface area contributed by atoms with E-state index in [1.807, 2.05) is 54.8 Å². The van der Waals surface area contributed by atoms with Gasteiger partial charge in [0.1, 0.15) is 11.5 Å². The maximum atomic E-state index is 12.7. The van der Waals surface area contributed by atoms with Crippen molar-refractivity contribution in [1.82, 2.24) is 19.7 Å². The van der Waals surface area contributed by atoms with Gasteiger partial charge in [0.2, 0.25) is 11.9 Å². The highest BCUT2D eigenvalue weighted by Crippen LogP contribution is 2.27. The Morgan fingerprint density at radius 3 is 2.78 bits per heavy atom. The molecule has 0 bridgehead atoms. The zero-order valence-corrected chi connectivity index (χ0v) is 19.2. The fraction of sp³-hybridized carbons (Fsp3) is 0.217. The highest BCUT2D eigenvalue weighted by molar-refractivity contribution is 7.99. The summed E-state index contributed by atoms with van der Waals surface area (Å²) in [6, 6.07) is 17.2. The molecule has 0 radical (unpaired) electrons. The molecule has 0 aliphatic rings. The summed E-state index contributed by atoms with van der Waals surface area (Å²) in [4.78, 5) is 33.1. The van der Waals surface area contributed by atoms with Crippen LogP contribution in [0.25, 0.3) is 16.5 Å². The number of aromatic nitrogens is 4. The van der Waals surface area contributed by atoms with Gasteiger partial charge in [0.15, 0.2) is 0 Å². The second kappa shape index (κ2) is 10.4. The fourth-order valence-electron chi connectivity index (χ4n) is 3.17. The van der Waals surface area contributed by atoms with Crippen molar-refractivity contribution in [3.63, 3.8) is 0 Å². The van der Waals surface area contributed by atoms with Crippen LogP contribution in [0.4, 0.5) is 5.82 Å². The third-order valence-electron chi connectivity index (χ3n) is 4.58. The minimum absolute atomic E-state index is 0.142. The van der Waals surface area contributed by atoms with E-state index in [4.69, 9.17) is 0 Å². The van der Waals surface area contributed by atoms with E-state index in [0.29, 0.717) is 29.4 Å². The number of carbonyl (C=O) groups is 1. The topological polar surface area (TPSA) is 92.7 Å². The zero-order chi connectivity index (χ0) is 22.3. The number of aryl methyl sites for hydroxylation is 1. The number of nitrogens with one attached hydrogen (secondary N) is 2. The molecule has 9 heteroatoms. The lowest BCUT2D eigenvalue weighted by molar-refractivity contribution is -0.113. The molecular weight excluding hydrogens is 442 g/mol. The normalized spacial score (nSPS) is 10.9. The Bertz CT molecular complexity index is 1230. The average molecular weight is 466 g/mol. The maximum absolute atomic E-state index is 12.7. The molecule has 0 aliphatic heterocycles. The van der Waals surface area contributed by atoms with Gasteiger partial charge in [-0.1, -0.05) is 49.7 Å². The lowest BCUT2D eigenvalue weighted by Gasteiger charge is -2.09. The second-order valence-corrected chi connectivity index (χ2v) is 9.07. The van der Waals surface area contributed by atoms with E-state index in [1.165, 1.54) is 28.1 Å². The number of thioether (sulfide) groups is 1. The lowest BCUT2D eigenvalue weighted by atomic mass is 10.2. The van der Waals surface area contributed by atoms with Crippen LogP contribution < -0.4 is 10.9 Å². The first kappa shape index (κ1) is 22.0. The van der Waals surface area contributed by atoms with Crippen molar-refractivity contribution in [1.29, 1.82) is 0 Å². The molecule has 164 valence electrons. The maximum Gasteiger partial charge on any atom is 0.252 e. The van der Waals surface area contributed by atoms with Crippen molar-refractivity contribution >= 4 is 34.8 Å². The van der Waals surface area contributed by atoms with Crippen LogP contribution in [-0.4, -0.2) is 31.4 Å². The van der Waals surface area contributed by atoms with Gasteiger partial charge in [-0.2, -0.15) is 9.78 Å². The van der Waals surface area contributed by atoms with Crippen molar-refractivity contribution in [2.45, 2.75) is 25.5 Å². The molecule has 3 heterocycles. The Kier molecular flexibility index (Phi) is 7.18. The first-order chi connectivity index (χ1) is 15.6. The monoisotopic (exact) mass is 465 g/mol. The summed E-state index contributed by atoms with van der Waals surface area (Å²) in [5.41, 5.74) is 2.32. The number of amides is 1. The predicted octanol–water partition coefficient (Wildman–Crippen LogP) is 4.51. The summed E-state index contributed by atoms with van der Waals surface area (Å²) in [6.45, 7) is 2.03. The Morgan fingerprint density at radius 2 is 2.03 bits per heavy atom. The SMILES string of the molecule is CCCc1cc(=O)[nH]c(-n2nc(-c3cccs3)cc2NC(=O)CSCc2ccccc2)n1. The molecule has 7 nitrogen and oxygen atoms in total. The highest BCUT2D eigenvalue weighted by atomic mass is 32.2. The molecule has 0 saturated carbocycles. The summed E-state index contributed by atoms with van der Waals surface area (Å²) in [6.07, 6.45) is 1.56. The van der Waals surface area contributed by atoms with Crippen molar-refractivity contribution in [3.05, 3.63) is 81.6 Å². The van der Waals surface area contributed by atoms with Gasteiger partial charge in [0.25, 0.3) is 5.56 Å². The molecule has 32 heavy (non-hydrogen) atoms. The van der Waals surface area contributed by atoms with Crippen LogP contribution in [0.1, 0.15) is 24.6 Å². The Hall–Kier alpha value is -3.17. The molecule has 2 N–H and O–H groups in total. The van der Waals surface area contributed by atoms with E-state index < -0.39 is 0 Å². The van der Waals surface area contributed by atoms with Crippen molar-refractivity contribution in [2.75, 3.05) is 11.1 Å². The standard InChI is InChI=1S/C23H23N5O2S2/c1-2-7-17-12-21(29)26-23(24-17)28-20(13-18(27-28)19-10-6-11-32-19)25-22(30)15-31-14-16-8-4-3-5-9-16/h3-6,8-13H,2,7,14-15H2,1H3,(H,25,30)(H,24,26,29). The number of H-pyrrole nitrogens is 1. The number of benzene rings is 1.